The van der Waals surface area contributed by atoms with Gasteiger partial charge < -0.3 is 4.90 Å². The van der Waals surface area contributed by atoms with E-state index in [-0.39, 0.29) is 28.7 Å². The number of carbonyl (C=O) groups is 1. The lowest BCUT2D eigenvalue weighted by molar-refractivity contribution is -0.130. The van der Waals surface area contributed by atoms with E-state index in [2.05, 4.69) is 6.92 Å². The molecule has 1 fully saturated rings. The molecule has 4 nitrogen and oxygen atoms in total. The van der Waals surface area contributed by atoms with Gasteiger partial charge in [0.25, 0.3) is 0 Å². The van der Waals surface area contributed by atoms with Crippen LogP contribution in [0.3, 0.4) is 0 Å². The molecule has 0 aliphatic carbocycles. The van der Waals surface area contributed by atoms with Crippen LogP contribution in [0.4, 0.5) is 0 Å². The Hall–Kier alpha value is -1.01. The molecular weight excluding hydrogens is 318 g/mol. The Morgan fingerprint density at radius 2 is 2.00 bits per heavy atom. The van der Waals surface area contributed by atoms with Gasteiger partial charge in [0.15, 0.2) is 9.84 Å². The summed E-state index contributed by atoms with van der Waals surface area (Å²) < 4.78 is 23.9. The zero-order valence-electron chi connectivity index (χ0n) is 13.1. The molecule has 0 radical (unpaired) electrons. The molecule has 6 heteroatoms. The molecule has 1 amide bonds. The third-order valence-electron chi connectivity index (χ3n) is 3.81. The molecule has 0 N–H and O–H groups in total. The zero-order chi connectivity index (χ0) is 16.2. The van der Waals surface area contributed by atoms with Crippen LogP contribution < -0.4 is 0 Å². The normalized spacial score (nSPS) is 22.5. The van der Waals surface area contributed by atoms with E-state index in [4.69, 9.17) is 0 Å². The highest BCUT2D eigenvalue weighted by atomic mass is 32.2. The second-order valence-electron chi connectivity index (χ2n) is 5.61. The van der Waals surface area contributed by atoms with Crippen molar-refractivity contribution in [3.8, 4) is 0 Å². The number of nitrogens with zero attached hydrogens (tertiary/aromatic N) is 1. The molecule has 22 heavy (non-hydrogen) atoms. The predicted octanol–water partition coefficient (Wildman–Crippen LogP) is 2.52. The molecule has 0 spiro atoms. The Kier molecular flexibility index (Phi) is 5.92. The fraction of sp³-hybridized carbons (Fsp3) is 0.562. The van der Waals surface area contributed by atoms with Crippen LogP contribution in [0.1, 0.15) is 31.9 Å². The fourth-order valence-electron chi connectivity index (χ4n) is 2.86. The number of hydrogen-bond donors (Lipinski definition) is 0. The molecule has 1 aromatic carbocycles. The van der Waals surface area contributed by atoms with Gasteiger partial charge in [-0.15, -0.1) is 0 Å². The van der Waals surface area contributed by atoms with Crippen LogP contribution in [-0.2, 0) is 14.6 Å². The van der Waals surface area contributed by atoms with Gasteiger partial charge >= 0.3 is 0 Å². The number of amides is 1. The molecule has 0 bridgehead atoms. The van der Waals surface area contributed by atoms with Gasteiger partial charge in [-0.25, -0.2) is 8.42 Å². The molecule has 122 valence electrons. The third kappa shape index (κ3) is 4.26. The summed E-state index contributed by atoms with van der Waals surface area (Å²) in [7, 11) is -3.30. The predicted molar refractivity (Wildman–Crippen MR) is 91.8 cm³/mol. The van der Waals surface area contributed by atoms with Crippen LogP contribution in [0.5, 0.6) is 0 Å². The largest absolute Gasteiger partial charge is 0.333 e. The second kappa shape index (κ2) is 7.51. The minimum atomic E-state index is -3.30. The molecule has 2 rings (SSSR count). The average molecular weight is 341 g/mol. The van der Waals surface area contributed by atoms with Gasteiger partial charge in [0.2, 0.25) is 5.91 Å². The minimum Gasteiger partial charge on any atom is -0.333 e. The summed E-state index contributed by atoms with van der Waals surface area (Å²) in [5, 5.41) is 0.258. The third-order valence-corrected chi connectivity index (χ3v) is 6.73. The Morgan fingerprint density at radius 3 is 2.64 bits per heavy atom. The van der Waals surface area contributed by atoms with Gasteiger partial charge in [-0.3, -0.25) is 4.79 Å². The number of hydrogen-bond acceptors (Lipinski definition) is 4. The lowest BCUT2D eigenvalue weighted by Crippen LogP contribution is -2.46. The summed E-state index contributed by atoms with van der Waals surface area (Å²) in [6.07, 6.45) is 0.546. The summed E-state index contributed by atoms with van der Waals surface area (Å²) in [4.78, 5) is 14.3. The maximum Gasteiger partial charge on any atom is 0.238 e. The summed E-state index contributed by atoms with van der Waals surface area (Å²) in [6, 6.07) is 9.82. The lowest BCUT2D eigenvalue weighted by Gasteiger charge is -2.40. The van der Waals surface area contributed by atoms with E-state index < -0.39 is 9.84 Å². The van der Waals surface area contributed by atoms with Crippen LogP contribution in [0, 0.1) is 0 Å². The fourth-order valence-corrected chi connectivity index (χ4v) is 5.32. The topological polar surface area (TPSA) is 54.5 Å². The summed E-state index contributed by atoms with van der Waals surface area (Å²) in [5.41, 5.74) is 1.07. The van der Waals surface area contributed by atoms with Crippen molar-refractivity contribution in [1.82, 2.24) is 4.90 Å². The Balaban J connectivity index is 2.21. The summed E-state index contributed by atoms with van der Waals surface area (Å²) >= 11 is 1.83. The highest BCUT2D eigenvalue weighted by molar-refractivity contribution is 8.00. The van der Waals surface area contributed by atoms with Crippen LogP contribution in [-0.4, -0.2) is 48.3 Å². The SMILES string of the molecule is CCCS(=O)(=O)CC(=O)N1CCS[C@@H](C)[C@H]1c1ccccc1. The highest BCUT2D eigenvalue weighted by Crippen LogP contribution is 2.36. The number of thioether (sulfide) groups is 1. The monoisotopic (exact) mass is 341 g/mol. The Morgan fingerprint density at radius 1 is 1.32 bits per heavy atom. The second-order valence-corrected chi connectivity index (χ2v) is 9.28. The maximum absolute atomic E-state index is 12.6. The molecular formula is C16H23NO3S2. The van der Waals surface area contributed by atoms with Crippen molar-refractivity contribution in [3.63, 3.8) is 0 Å². The van der Waals surface area contributed by atoms with Crippen molar-refractivity contribution >= 4 is 27.5 Å². The molecule has 0 saturated carbocycles. The van der Waals surface area contributed by atoms with Crippen LogP contribution in [0.2, 0.25) is 0 Å². The first-order chi connectivity index (χ1) is 10.4. The van der Waals surface area contributed by atoms with Crippen LogP contribution >= 0.6 is 11.8 Å². The van der Waals surface area contributed by atoms with E-state index in [1.165, 1.54) is 0 Å². The van der Waals surface area contributed by atoms with Gasteiger partial charge in [-0.2, -0.15) is 11.8 Å². The van der Waals surface area contributed by atoms with Crippen molar-refractivity contribution < 1.29 is 13.2 Å². The van der Waals surface area contributed by atoms with Gasteiger partial charge in [0.05, 0.1) is 11.8 Å². The first kappa shape index (κ1) is 17.3. The standard InChI is InChI=1S/C16H23NO3S2/c1-3-11-22(19,20)12-15(18)17-9-10-21-13(2)16(17)14-7-5-4-6-8-14/h4-8,13,16H,3,9-12H2,1-2H3/t13-,16-/m0/s1. The van der Waals surface area contributed by atoms with Crippen molar-refractivity contribution in [2.45, 2.75) is 31.6 Å². The highest BCUT2D eigenvalue weighted by Gasteiger charge is 2.34. The van der Waals surface area contributed by atoms with Gasteiger partial charge in [-0.05, 0) is 12.0 Å². The first-order valence-electron chi connectivity index (χ1n) is 7.61. The molecule has 1 heterocycles. The number of rotatable bonds is 5. The first-order valence-corrected chi connectivity index (χ1v) is 10.5. The van der Waals surface area contributed by atoms with E-state index in [0.29, 0.717) is 13.0 Å². The van der Waals surface area contributed by atoms with Crippen molar-refractivity contribution in [1.29, 1.82) is 0 Å². The molecule has 2 atom stereocenters. The summed E-state index contributed by atoms with van der Waals surface area (Å²) in [6.45, 7) is 4.52. The van der Waals surface area contributed by atoms with E-state index in [0.717, 1.165) is 11.3 Å². The van der Waals surface area contributed by atoms with E-state index in [9.17, 15) is 13.2 Å². The number of benzene rings is 1. The lowest BCUT2D eigenvalue weighted by atomic mass is 10.0. The Bertz CT molecular complexity index is 601. The van der Waals surface area contributed by atoms with E-state index >= 15 is 0 Å². The zero-order valence-corrected chi connectivity index (χ0v) is 14.7. The molecule has 1 saturated heterocycles. The van der Waals surface area contributed by atoms with E-state index in [1.807, 2.05) is 49.0 Å². The van der Waals surface area contributed by atoms with Crippen LogP contribution in [0.25, 0.3) is 0 Å². The maximum atomic E-state index is 12.6. The number of carbonyl (C=O) groups excluding carboxylic acids is 1. The van der Waals surface area contributed by atoms with Gasteiger partial charge in [-0.1, -0.05) is 44.2 Å². The molecule has 0 aromatic heterocycles. The number of sulfone groups is 1. The van der Waals surface area contributed by atoms with E-state index in [1.54, 1.807) is 4.90 Å². The van der Waals surface area contributed by atoms with Gasteiger partial charge in [0, 0.05) is 17.5 Å². The molecule has 1 aliphatic heterocycles. The quantitative estimate of drug-likeness (QED) is 0.826. The molecule has 1 aromatic rings. The van der Waals surface area contributed by atoms with Crippen molar-refractivity contribution in [3.05, 3.63) is 35.9 Å². The Labute approximate surface area is 137 Å². The molecule has 1 aliphatic rings. The van der Waals surface area contributed by atoms with Crippen molar-refractivity contribution in [2.75, 3.05) is 23.8 Å². The minimum absolute atomic E-state index is 0.0516. The average Bonchev–Trinajstić information content (AvgIpc) is 2.47. The summed E-state index contributed by atoms with van der Waals surface area (Å²) in [5.74, 6) is 0.285. The smallest absolute Gasteiger partial charge is 0.238 e. The van der Waals surface area contributed by atoms with Crippen LogP contribution in [0.15, 0.2) is 30.3 Å². The molecule has 0 unspecified atom stereocenters. The van der Waals surface area contributed by atoms with Crippen molar-refractivity contribution in [2.24, 2.45) is 0 Å². The van der Waals surface area contributed by atoms with Gasteiger partial charge in [0.1, 0.15) is 5.75 Å².